The monoisotopic (exact) mass is 190 g/mol. The largest absolute Gasteiger partial charge is 0.380 e. The molecule has 0 saturated heterocycles. The molecular formula is C12H11FO. The second-order valence-electron chi connectivity index (χ2n) is 3.22. The van der Waals surface area contributed by atoms with Crippen molar-refractivity contribution in [2.75, 3.05) is 7.11 Å². The molecule has 0 atom stereocenters. The standard InChI is InChI=1S/C12H11FO/c1-14-8-10-4-2-3-9-7-11(13)5-6-12(9)10/h2-7H,8H2,1H3. The number of fused-ring (bicyclic) bond motifs is 1. The Labute approximate surface area is 82.1 Å². The number of ether oxygens (including phenoxy) is 1. The van der Waals surface area contributed by atoms with Gasteiger partial charge in [0, 0.05) is 7.11 Å². The third-order valence-electron chi connectivity index (χ3n) is 2.23. The van der Waals surface area contributed by atoms with Gasteiger partial charge in [0.1, 0.15) is 5.82 Å². The molecule has 0 unspecified atom stereocenters. The van der Waals surface area contributed by atoms with E-state index in [1.165, 1.54) is 12.1 Å². The highest BCUT2D eigenvalue weighted by atomic mass is 19.1. The SMILES string of the molecule is COCc1cccc2cc(F)ccc12. The summed E-state index contributed by atoms with van der Waals surface area (Å²) in [6.07, 6.45) is 0. The molecule has 2 rings (SSSR count). The van der Waals surface area contributed by atoms with Gasteiger partial charge in [-0.15, -0.1) is 0 Å². The third kappa shape index (κ3) is 1.61. The minimum Gasteiger partial charge on any atom is -0.380 e. The maximum Gasteiger partial charge on any atom is 0.123 e. The summed E-state index contributed by atoms with van der Waals surface area (Å²) in [6, 6.07) is 10.6. The van der Waals surface area contributed by atoms with Crippen LogP contribution in [-0.4, -0.2) is 7.11 Å². The maximum absolute atomic E-state index is 12.9. The number of hydrogen-bond donors (Lipinski definition) is 0. The van der Waals surface area contributed by atoms with Crippen molar-refractivity contribution in [3.8, 4) is 0 Å². The van der Waals surface area contributed by atoms with E-state index in [1.54, 1.807) is 13.2 Å². The fraction of sp³-hybridized carbons (Fsp3) is 0.167. The molecule has 0 saturated carbocycles. The lowest BCUT2D eigenvalue weighted by molar-refractivity contribution is 0.186. The van der Waals surface area contributed by atoms with Gasteiger partial charge in [0.25, 0.3) is 0 Å². The van der Waals surface area contributed by atoms with Gasteiger partial charge in [0.15, 0.2) is 0 Å². The molecule has 0 fully saturated rings. The Balaban J connectivity index is 2.62. The van der Waals surface area contributed by atoms with Crippen molar-refractivity contribution >= 4 is 10.8 Å². The van der Waals surface area contributed by atoms with Crippen molar-refractivity contribution < 1.29 is 9.13 Å². The highest BCUT2D eigenvalue weighted by Crippen LogP contribution is 2.20. The average molecular weight is 190 g/mol. The predicted molar refractivity (Wildman–Crippen MR) is 54.6 cm³/mol. The van der Waals surface area contributed by atoms with Crippen LogP contribution in [0.3, 0.4) is 0 Å². The van der Waals surface area contributed by atoms with Crippen molar-refractivity contribution in [2.24, 2.45) is 0 Å². The van der Waals surface area contributed by atoms with E-state index >= 15 is 0 Å². The first kappa shape index (κ1) is 9.16. The fourth-order valence-electron chi connectivity index (χ4n) is 1.60. The third-order valence-corrected chi connectivity index (χ3v) is 2.23. The van der Waals surface area contributed by atoms with E-state index in [2.05, 4.69) is 0 Å². The molecule has 2 heteroatoms. The summed E-state index contributed by atoms with van der Waals surface area (Å²) in [4.78, 5) is 0. The molecule has 1 nitrogen and oxygen atoms in total. The Morgan fingerprint density at radius 1 is 1.21 bits per heavy atom. The molecule has 0 N–H and O–H groups in total. The summed E-state index contributed by atoms with van der Waals surface area (Å²) < 4.78 is 18.0. The summed E-state index contributed by atoms with van der Waals surface area (Å²) in [7, 11) is 1.66. The summed E-state index contributed by atoms with van der Waals surface area (Å²) in [5.74, 6) is -0.202. The molecule has 0 aliphatic rings. The smallest absolute Gasteiger partial charge is 0.123 e. The second-order valence-corrected chi connectivity index (χ2v) is 3.22. The van der Waals surface area contributed by atoms with Crippen molar-refractivity contribution in [1.29, 1.82) is 0 Å². The van der Waals surface area contributed by atoms with Crippen LogP contribution in [0.15, 0.2) is 36.4 Å². The summed E-state index contributed by atoms with van der Waals surface area (Å²) in [5.41, 5.74) is 1.09. The van der Waals surface area contributed by atoms with Crippen LogP contribution in [0.5, 0.6) is 0 Å². The van der Waals surface area contributed by atoms with Crippen LogP contribution in [0, 0.1) is 5.82 Å². The zero-order valence-electron chi connectivity index (χ0n) is 7.96. The van der Waals surface area contributed by atoms with Crippen LogP contribution in [0.2, 0.25) is 0 Å². The lowest BCUT2D eigenvalue weighted by Crippen LogP contribution is -1.89. The molecular weight excluding hydrogens is 179 g/mol. The number of methoxy groups -OCH3 is 1. The van der Waals surface area contributed by atoms with E-state index in [9.17, 15) is 4.39 Å². The first-order chi connectivity index (χ1) is 6.81. The Kier molecular flexibility index (Phi) is 2.46. The number of rotatable bonds is 2. The van der Waals surface area contributed by atoms with Gasteiger partial charge >= 0.3 is 0 Å². The van der Waals surface area contributed by atoms with Gasteiger partial charge in [-0.1, -0.05) is 24.3 Å². The predicted octanol–water partition coefficient (Wildman–Crippen LogP) is 3.13. The highest BCUT2D eigenvalue weighted by molar-refractivity contribution is 5.85. The van der Waals surface area contributed by atoms with Crippen molar-refractivity contribution in [2.45, 2.75) is 6.61 Å². The number of benzene rings is 2. The van der Waals surface area contributed by atoms with E-state index in [0.29, 0.717) is 6.61 Å². The molecule has 0 aliphatic carbocycles. The minimum atomic E-state index is -0.202. The Bertz CT molecular complexity index is 451. The first-order valence-electron chi connectivity index (χ1n) is 4.47. The Hall–Kier alpha value is -1.41. The number of halogens is 1. The quantitative estimate of drug-likeness (QED) is 0.707. The fourth-order valence-corrected chi connectivity index (χ4v) is 1.60. The van der Waals surface area contributed by atoms with Gasteiger partial charge < -0.3 is 4.74 Å². The molecule has 0 radical (unpaired) electrons. The van der Waals surface area contributed by atoms with Crippen LogP contribution < -0.4 is 0 Å². The minimum absolute atomic E-state index is 0.202. The molecule has 2 aromatic rings. The van der Waals surface area contributed by atoms with E-state index in [4.69, 9.17) is 4.74 Å². The van der Waals surface area contributed by atoms with Crippen LogP contribution >= 0.6 is 0 Å². The summed E-state index contributed by atoms with van der Waals surface area (Å²) in [6.45, 7) is 0.559. The highest BCUT2D eigenvalue weighted by Gasteiger charge is 2.00. The van der Waals surface area contributed by atoms with Gasteiger partial charge in [0.2, 0.25) is 0 Å². The average Bonchev–Trinajstić information content (AvgIpc) is 2.18. The zero-order valence-corrected chi connectivity index (χ0v) is 7.96. The molecule has 0 spiro atoms. The first-order valence-corrected chi connectivity index (χ1v) is 4.47. The molecule has 2 aromatic carbocycles. The lowest BCUT2D eigenvalue weighted by Gasteiger charge is -2.04. The van der Waals surface area contributed by atoms with Crippen molar-refractivity contribution in [1.82, 2.24) is 0 Å². The van der Waals surface area contributed by atoms with Crippen molar-refractivity contribution in [3.05, 3.63) is 47.8 Å². The molecule has 0 aliphatic heterocycles. The zero-order chi connectivity index (χ0) is 9.97. The maximum atomic E-state index is 12.9. The van der Waals surface area contributed by atoms with Crippen molar-refractivity contribution in [3.63, 3.8) is 0 Å². The van der Waals surface area contributed by atoms with Gasteiger partial charge in [-0.05, 0) is 28.5 Å². The van der Waals surface area contributed by atoms with Crippen LogP contribution in [0.4, 0.5) is 4.39 Å². The Morgan fingerprint density at radius 3 is 2.86 bits per heavy atom. The molecule has 14 heavy (non-hydrogen) atoms. The molecule has 0 heterocycles. The molecule has 0 bridgehead atoms. The van der Waals surface area contributed by atoms with Gasteiger partial charge in [-0.25, -0.2) is 4.39 Å². The normalized spacial score (nSPS) is 10.7. The van der Waals surface area contributed by atoms with Gasteiger partial charge in [-0.3, -0.25) is 0 Å². The van der Waals surface area contributed by atoms with Crippen LogP contribution in [0.1, 0.15) is 5.56 Å². The molecule has 0 aromatic heterocycles. The Morgan fingerprint density at radius 2 is 2.07 bits per heavy atom. The number of hydrogen-bond acceptors (Lipinski definition) is 1. The topological polar surface area (TPSA) is 9.23 Å². The van der Waals surface area contributed by atoms with Crippen LogP contribution in [-0.2, 0) is 11.3 Å². The van der Waals surface area contributed by atoms with Crippen LogP contribution in [0.25, 0.3) is 10.8 Å². The lowest BCUT2D eigenvalue weighted by atomic mass is 10.1. The molecule has 0 amide bonds. The van der Waals surface area contributed by atoms with Gasteiger partial charge in [0.05, 0.1) is 6.61 Å². The second kappa shape index (κ2) is 3.76. The van der Waals surface area contributed by atoms with E-state index in [1.807, 2.05) is 18.2 Å². The summed E-state index contributed by atoms with van der Waals surface area (Å²) >= 11 is 0. The van der Waals surface area contributed by atoms with E-state index in [0.717, 1.165) is 16.3 Å². The van der Waals surface area contributed by atoms with Gasteiger partial charge in [-0.2, -0.15) is 0 Å². The summed E-state index contributed by atoms with van der Waals surface area (Å²) in [5, 5.41) is 1.97. The molecule has 72 valence electrons. The van der Waals surface area contributed by atoms with E-state index in [-0.39, 0.29) is 5.82 Å². The van der Waals surface area contributed by atoms with E-state index < -0.39 is 0 Å².